The first-order chi connectivity index (χ1) is 11.1. The minimum absolute atomic E-state index is 0.0663. The van der Waals surface area contributed by atoms with E-state index >= 15 is 0 Å². The molecule has 1 aliphatic heterocycles. The zero-order valence-electron chi connectivity index (χ0n) is 13.5. The lowest BCUT2D eigenvalue weighted by Gasteiger charge is -2.31. The minimum Gasteiger partial charge on any atom is -0.360 e. The van der Waals surface area contributed by atoms with Crippen LogP contribution in [-0.2, 0) is 17.8 Å². The van der Waals surface area contributed by atoms with Crippen LogP contribution < -0.4 is 5.32 Å². The normalized spacial score (nSPS) is 19.4. The third-order valence-electron chi connectivity index (χ3n) is 4.72. The number of hydrogen-bond donors (Lipinski definition) is 1. The predicted octanol–water partition coefficient (Wildman–Crippen LogP) is 1.90. The number of amides is 1. The third-order valence-corrected chi connectivity index (χ3v) is 4.72. The lowest BCUT2D eigenvalue weighted by Crippen LogP contribution is -2.44. The van der Waals surface area contributed by atoms with Crippen molar-refractivity contribution >= 4 is 11.7 Å². The molecular weight excluding hydrogens is 294 g/mol. The molecule has 1 unspecified atom stereocenters. The molecule has 2 aliphatic rings. The minimum atomic E-state index is -0.230. The maximum absolute atomic E-state index is 12.4. The van der Waals surface area contributed by atoms with Crippen molar-refractivity contribution in [2.24, 2.45) is 0 Å². The van der Waals surface area contributed by atoms with Crippen LogP contribution in [0.4, 0.5) is 5.82 Å². The van der Waals surface area contributed by atoms with Crippen LogP contribution >= 0.6 is 0 Å². The van der Waals surface area contributed by atoms with Crippen molar-refractivity contribution in [2.75, 3.05) is 11.9 Å². The summed E-state index contributed by atoms with van der Waals surface area (Å²) in [6, 6.07) is 2.15. The molecule has 0 radical (unpaired) electrons. The van der Waals surface area contributed by atoms with Gasteiger partial charge in [0.05, 0.1) is 18.1 Å². The Kier molecular flexibility index (Phi) is 3.45. The van der Waals surface area contributed by atoms with E-state index in [1.807, 2.05) is 13.3 Å². The van der Waals surface area contributed by atoms with Gasteiger partial charge >= 0.3 is 0 Å². The van der Waals surface area contributed by atoms with E-state index in [9.17, 15) is 4.79 Å². The summed E-state index contributed by atoms with van der Waals surface area (Å²) in [7, 11) is 0. The average molecular weight is 315 g/mol. The average Bonchev–Trinajstić information content (AvgIpc) is 3.17. The molecule has 0 bridgehead atoms. The van der Waals surface area contributed by atoms with Gasteiger partial charge in [-0.3, -0.25) is 9.69 Å². The van der Waals surface area contributed by atoms with Crippen LogP contribution in [0.5, 0.6) is 0 Å². The van der Waals surface area contributed by atoms with Crippen molar-refractivity contribution < 1.29 is 9.32 Å². The van der Waals surface area contributed by atoms with Gasteiger partial charge in [0.2, 0.25) is 5.91 Å². The molecule has 2 aromatic heterocycles. The molecule has 2 aromatic rings. The van der Waals surface area contributed by atoms with Crippen LogP contribution in [0, 0.1) is 6.92 Å². The van der Waals surface area contributed by atoms with Crippen molar-refractivity contribution in [3.63, 3.8) is 0 Å². The van der Waals surface area contributed by atoms with Crippen LogP contribution in [0.15, 0.2) is 16.9 Å². The molecule has 4 rings (SSSR count). The van der Waals surface area contributed by atoms with E-state index in [4.69, 9.17) is 4.52 Å². The fourth-order valence-corrected chi connectivity index (χ4v) is 3.17. The zero-order valence-corrected chi connectivity index (χ0v) is 13.5. The Morgan fingerprint density at radius 1 is 1.48 bits per heavy atom. The largest absolute Gasteiger partial charge is 0.360 e. The number of nitrogens with one attached hydrogen (secondary N) is 1. The maximum Gasteiger partial charge on any atom is 0.242 e. The van der Waals surface area contributed by atoms with Gasteiger partial charge in [0.25, 0.3) is 0 Å². The molecule has 0 spiro atoms. The zero-order chi connectivity index (χ0) is 16.0. The van der Waals surface area contributed by atoms with Gasteiger partial charge in [-0.15, -0.1) is 0 Å². The lowest BCUT2D eigenvalue weighted by molar-refractivity contribution is -0.121. The second kappa shape index (κ2) is 5.49. The molecule has 7 heteroatoms. The van der Waals surface area contributed by atoms with Gasteiger partial charge in [-0.2, -0.15) is 0 Å². The van der Waals surface area contributed by atoms with Gasteiger partial charge in [0, 0.05) is 37.3 Å². The van der Waals surface area contributed by atoms with E-state index in [-0.39, 0.29) is 11.9 Å². The molecule has 0 saturated heterocycles. The third kappa shape index (κ3) is 2.76. The molecule has 1 fully saturated rings. The Hall–Kier alpha value is -2.15. The summed E-state index contributed by atoms with van der Waals surface area (Å²) >= 11 is 0. The number of fused-ring (bicyclic) bond motifs is 1. The molecule has 0 aromatic carbocycles. The Morgan fingerprint density at radius 3 is 3.00 bits per heavy atom. The summed E-state index contributed by atoms with van der Waals surface area (Å²) in [5.41, 5.74) is 2.46. The first-order valence-electron chi connectivity index (χ1n) is 8.14. The van der Waals surface area contributed by atoms with Crippen molar-refractivity contribution in [3.05, 3.63) is 29.5 Å². The number of aromatic nitrogens is 3. The molecule has 23 heavy (non-hydrogen) atoms. The number of rotatable bonds is 4. The van der Waals surface area contributed by atoms with Gasteiger partial charge in [0.1, 0.15) is 5.76 Å². The summed E-state index contributed by atoms with van der Waals surface area (Å²) in [6.07, 6.45) is 5.45. The molecule has 1 N–H and O–H groups in total. The van der Waals surface area contributed by atoms with Crippen molar-refractivity contribution in [1.82, 2.24) is 19.6 Å². The van der Waals surface area contributed by atoms with Crippen LogP contribution in [0.3, 0.4) is 0 Å². The van der Waals surface area contributed by atoms with Crippen LogP contribution in [0.2, 0.25) is 0 Å². The standard InChI is InChI=1S/C16H21N5O2/c1-10-7-15(19-23-10)18-16(22)11(2)20-6-5-14-13(8-20)17-9-21(14)12-3-4-12/h7,9,11-12H,3-6,8H2,1-2H3,(H,18,19,22). The van der Waals surface area contributed by atoms with Crippen molar-refractivity contribution in [2.45, 2.75) is 51.7 Å². The first-order valence-corrected chi connectivity index (χ1v) is 8.14. The van der Waals surface area contributed by atoms with Gasteiger partial charge in [0.15, 0.2) is 5.82 Å². The molecule has 122 valence electrons. The number of anilines is 1. The quantitative estimate of drug-likeness (QED) is 0.932. The molecule has 7 nitrogen and oxygen atoms in total. The van der Waals surface area contributed by atoms with Gasteiger partial charge in [-0.25, -0.2) is 4.98 Å². The van der Waals surface area contributed by atoms with Gasteiger partial charge < -0.3 is 14.4 Å². The Balaban J connectivity index is 1.42. The molecule has 1 amide bonds. The smallest absolute Gasteiger partial charge is 0.242 e. The summed E-state index contributed by atoms with van der Waals surface area (Å²) in [4.78, 5) is 19.1. The molecule has 1 saturated carbocycles. The Labute approximate surface area is 134 Å². The van der Waals surface area contributed by atoms with Crippen LogP contribution in [0.1, 0.15) is 43.0 Å². The van der Waals surface area contributed by atoms with E-state index in [1.54, 1.807) is 13.0 Å². The predicted molar refractivity (Wildman–Crippen MR) is 83.9 cm³/mol. The summed E-state index contributed by atoms with van der Waals surface area (Å²) in [5.74, 6) is 1.08. The monoisotopic (exact) mass is 315 g/mol. The lowest BCUT2D eigenvalue weighted by atomic mass is 10.1. The number of carbonyl (C=O) groups is 1. The Morgan fingerprint density at radius 2 is 2.30 bits per heavy atom. The van der Waals surface area contributed by atoms with E-state index in [2.05, 4.69) is 24.9 Å². The number of carbonyl (C=O) groups excluding carboxylic acids is 1. The summed E-state index contributed by atoms with van der Waals surface area (Å²) < 4.78 is 7.31. The molecule has 1 atom stereocenters. The van der Waals surface area contributed by atoms with E-state index < -0.39 is 0 Å². The van der Waals surface area contributed by atoms with Crippen molar-refractivity contribution in [3.8, 4) is 0 Å². The molecular formula is C16H21N5O2. The van der Waals surface area contributed by atoms with Gasteiger partial charge in [-0.05, 0) is 26.7 Å². The Bertz CT molecular complexity index is 731. The fourth-order valence-electron chi connectivity index (χ4n) is 3.17. The number of nitrogens with zero attached hydrogens (tertiary/aromatic N) is 4. The number of hydrogen-bond acceptors (Lipinski definition) is 5. The highest BCUT2D eigenvalue weighted by Gasteiger charge is 2.32. The maximum atomic E-state index is 12.4. The molecule has 1 aliphatic carbocycles. The second-order valence-electron chi connectivity index (χ2n) is 6.48. The topological polar surface area (TPSA) is 76.2 Å². The highest BCUT2D eigenvalue weighted by atomic mass is 16.5. The van der Waals surface area contributed by atoms with Crippen LogP contribution in [0.25, 0.3) is 0 Å². The van der Waals surface area contributed by atoms with Crippen molar-refractivity contribution in [1.29, 1.82) is 0 Å². The van der Waals surface area contributed by atoms with Gasteiger partial charge in [-0.1, -0.05) is 5.16 Å². The van der Waals surface area contributed by atoms with E-state index in [0.717, 1.165) is 25.2 Å². The van der Waals surface area contributed by atoms with E-state index in [1.165, 1.54) is 18.5 Å². The highest BCUT2D eigenvalue weighted by Crippen LogP contribution is 2.37. The number of aryl methyl sites for hydroxylation is 1. The SMILES string of the molecule is Cc1cc(NC(=O)C(C)N2CCc3c(ncn3C3CC3)C2)no1. The fraction of sp³-hybridized carbons (Fsp3) is 0.562. The number of imidazole rings is 1. The summed E-state index contributed by atoms with van der Waals surface area (Å²) in [5, 5.41) is 6.61. The first kappa shape index (κ1) is 14.4. The van der Waals surface area contributed by atoms with E-state index in [0.29, 0.717) is 17.6 Å². The summed E-state index contributed by atoms with van der Waals surface area (Å²) in [6.45, 7) is 5.32. The van der Waals surface area contributed by atoms with Crippen LogP contribution in [-0.4, -0.2) is 38.1 Å². The highest BCUT2D eigenvalue weighted by molar-refractivity contribution is 5.93. The second-order valence-corrected chi connectivity index (χ2v) is 6.48. The molecule has 3 heterocycles.